The first kappa shape index (κ1) is 18.9. The number of nitrogens with one attached hydrogen (secondary N) is 1. The second-order valence-electron chi connectivity index (χ2n) is 4.76. The molecule has 2 heterocycles. The van der Waals surface area contributed by atoms with Crippen molar-refractivity contribution in [3.05, 3.63) is 56.7 Å². The number of benzene rings is 1. The monoisotopic (exact) mass is 408 g/mol. The van der Waals surface area contributed by atoms with E-state index < -0.39 is 0 Å². The predicted octanol–water partition coefficient (Wildman–Crippen LogP) is 4.35. The summed E-state index contributed by atoms with van der Waals surface area (Å²) in [4.78, 5) is 4.01. The minimum atomic E-state index is 0. The Morgan fingerprint density at radius 3 is 2.29 bits per heavy atom. The van der Waals surface area contributed by atoms with Gasteiger partial charge >= 0.3 is 0 Å². The van der Waals surface area contributed by atoms with Gasteiger partial charge in [0.15, 0.2) is 0 Å². The molecule has 0 aliphatic carbocycles. The van der Waals surface area contributed by atoms with Crippen molar-refractivity contribution in [2.45, 2.75) is 6.04 Å². The molecule has 0 unspecified atom stereocenters. The van der Waals surface area contributed by atoms with Crippen molar-refractivity contribution in [2.75, 3.05) is 26.2 Å². The van der Waals surface area contributed by atoms with Crippen molar-refractivity contribution in [1.82, 2.24) is 10.2 Å². The minimum Gasteiger partial charge on any atom is -0.314 e. The van der Waals surface area contributed by atoms with Crippen LogP contribution in [0.3, 0.4) is 0 Å². The third kappa shape index (κ3) is 4.68. The summed E-state index contributed by atoms with van der Waals surface area (Å²) in [5.74, 6) is 0. The van der Waals surface area contributed by atoms with Crippen LogP contribution in [0.25, 0.3) is 0 Å². The molecule has 2 aromatic rings. The average Bonchev–Trinajstić information content (AvgIpc) is 2.96. The number of hydrogen-bond acceptors (Lipinski definition) is 3. The fraction of sp³-hybridized carbons (Fsp3) is 0.333. The highest BCUT2D eigenvalue weighted by Crippen LogP contribution is 2.32. The quantitative estimate of drug-likeness (QED) is 0.810. The number of rotatable bonds is 3. The Balaban J connectivity index is 0.00000110. The van der Waals surface area contributed by atoms with E-state index in [1.807, 2.05) is 11.3 Å². The van der Waals surface area contributed by atoms with Crippen molar-refractivity contribution in [3.63, 3.8) is 0 Å². The highest BCUT2D eigenvalue weighted by Gasteiger charge is 2.24. The van der Waals surface area contributed by atoms with E-state index in [1.54, 1.807) is 0 Å². The van der Waals surface area contributed by atoms with E-state index in [4.69, 9.17) is 0 Å². The average molecular weight is 410 g/mol. The summed E-state index contributed by atoms with van der Waals surface area (Å²) in [7, 11) is 0. The molecule has 1 aliphatic rings. The molecule has 1 fully saturated rings. The van der Waals surface area contributed by atoms with Gasteiger partial charge in [0.2, 0.25) is 0 Å². The van der Waals surface area contributed by atoms with Crippen molar-refractivity contribution in [2.24, 2.45) is 0 Å². The van der Waals surface area contributed by atoms with Gasteiger partial charge in [0.1, 0.15) is 0 Å². The number of hydrogen-bond donors (Lipinski definition) is 1. The van der Waals surface area contributed by atoms with Gasteiger partial charge in [0.25, 0.3) is 0 Å². The van der Waals surface area contributed by atoms with Crippen LogP contribution in [-0.2, 0) is 0 Å². The minimum absolute atomic E-state index is 0. The van der Waals surface area contributed by atoms with Gasteiger partial charge < -0.3 is 5.32 Å². The molecule has 1 saturated heterocycles. The van der Waals surface area contributed by atoms with Gasteiger partial charge in [0.05, 0.1) is 6.04 Å². The molecule has 0 bridgehead atoms. The van der Waals surface area contributed by atoms with Gasteiger partial charge in [0, 0.05) is 35.5 Å². The maximum absolute atomic E-state index is 3.52. The Bertz CT molecular complexity index is 513. The first-order chi connectivity index (χ1) is 9.34. The van der Waals surface area contributed by atoms with Crippen molar-refractivity contribution in [3.8, 4) is 0 Å². The molecule has 1 aliphatic heterocycles. The Kier molecular flexibility index (Phi) is 8.24. The van der Waals surface area contributed by atoms with E-state index in [1.165, 1.54) is 10.4 Å². The lowest BCUT2D eigenvalue weighted by molar-refractivity contribution is 0.200. The zero-order valence-corrected chi connectivity index (χ0v) is 15.5. The van der Waals surface area contributed by atoms with Gasteiger partial charge in [-0.05, 0) is 29.1 Å². The van der Waals surface area contributed by atoms with Gasteiger partial charge in [-0.1, -0.05) is 34.1 Å². The summed E-state index contributed by atoms with van der Waals surface area (Å²) >= 11 is 5.37. The zero-order valence-electron chi connectivity index (χ0n) is 11.5. The summed E-state index contributed by atoms with van der Waals surface area (Å²) in [6, 6.07) is 13.5. The molecule has 3 rings (SSSR count). The Labute approximate surface area is 150 Å². The molecule has 1 aromatic carbocycles. The van der Waals surface area contributed by atoms with Crippen LogP contribution in [0.1, 0.15) is 16.5 Å². The van der Waals surface area contributed by atoms with Gasteiger partial charge in [-0.25, -0.2) is 0 Å². The zero-order chi connectivity index (χ0) is 13.1. The number of nitrogens with zero attached hydrogens (tertiary/aromatic N) is 1. The standard InChI is InChI=1S/C15H17BrN2S.2ClH/c16-13-5-3-12(4-6-13)15(14-2-1-11-19-14)18-9-7-17-8-10-18;;/h1-6,11,15,17H,7-10H2;2*1H/t15-;;/m0../s1. The maximum atomic E-state index is 3.52. The van der Waals surface area contributed by atoms with Crippen LogP contribution in [-0.4, -0.2) is 31.1 Å². The van der Waals surface area contributed by atoms with Gasteiger partial charge in [-0.15, -0.1) is 36.2 Å². The highest BCUT2D eigenvalue weighted by atomic mass is 79.9. The van der Waals surface area contributed by atoms with Crippen LogP contribution in [0.15, 0.2) is 46.3 Å². The highest BCUT2D eigenvalue weighted by molar-refractivity contribution is 9.10. The summed E-state index contributed by atoms with van der Waals surface area (Å²) in [5, 5.41) is 5.60. The van der Waals surface area contributed by atoms with E-state index in [2.05, 4.69) is 67.9 Å². The van der Waals surface area contributed by atoms with E-state index in [0.717, 1.165) is 30.7 Å². The number of thiophene rings is 1. The lowest BCUT2D eigenvalue weighted by Gasteiger charge is -2.34. The molecular weight excluding hydrogens is 391 g/mol. The Hall–Kier alpha value is -0.100. The lowest BCUT2D eigenvalue weighted by atomic mass is 10.0. The molecule has 2 nitrogen and oxygen atoms in total. The maximum Gasteiger partial charge on any atom is 0.0696 e. The molecule has 1 N–H and O–H groups in total. The molecule has 0 saturated carbocycles. The van der Waals surface area contributed by atoms with Crippen LogP contribution in [0.4, 0.5) is 0 Å². The van der Waals surface area contributed by atoms with E-state index >= 15 is 0 Å². The van der Waals surface area contributed by atoms with Gasteiger partial charge in [-0.3, -0.25) is 4.90 Å². The van der Waals surface area contributed by atoms with E-state index in [-0.39, 0.29) is 24.8 Å². The smallest absolute Gasteiger partial charge is 0.0696 e. The van der Waals surface area contributed by atoms with Crippen LogP contribution >= 0.6 is 52.1 Å². The molecule has 116 valence electrons. The molecule has 21 heavy (non-hydrogen) atoms. The van der Waals surface area contributed by atoms with Crippen molar-refractivity contribution < 1.29 is 0 Å². The third-order valence-corrected chi connectivity index (χ3v) is 4.97. The lowest BCUT2D eigenvalue weighted by Crippen LogP contribution is -2.45. The fourth-order valence-electron chi connectivity index (χ4n) is 2.59. The number of piperazine rings is 1. The third-order valence-electron chi connectivity index (χ3n) is 3.52. The Morgan fingerprint density at radius 2 is 1.71 bits per heavy atom. The van der Waals surface area contributed by atoms with Crippen LogP contribution in [0.2, 0.25) is 0 Å². The molecule has 1 atom stereocenters. The molecule has 0 amide bonds. The van der Waals surface area contributed by atoms with Crippen molar-refractivity contribution in [1.29, 1.82) is 0 Å². The Morgan fingerprint density at radius 1 is 1.05 bits per heavy atom. The van der Waals surface area contributed by atoms with Crippen molar-refractivity contribution >= 4 is 52.1 Å². The molecule has 0 spiro atoms. The fourth-order valence-corrected chi connectivity index (χ4v) is 3.74. The van der Waals surface area contributed by atoms with E-state index in [9.17, 15) is 0 Å². The molecule has 1 aromatic heterocycles. The normalized spacial score (nSPS) is 16.6. The largest absolute Gasteiger partial charge is 0.314 e. The summed E-state index contributed by atoms with van der Waals surface area (Å²) in [5.41, 5.74) is 1.38. The van der Waals surface area contributed by atoms with E-state index in [0.29, 0.717) is 6.04 Å². The van der Waals surface area contributed by atoms with Crippen LogP contribution in [0, 0.1) is 0 Å². The summed E-state index contributed by atoms with van der Waals surface area (Å²) in [6.07, 6.45) is 0. The first-order valence-corrected chi connectivity index (χ1v) is 8.25. The van der Waals surface area contributed by atoms with Gasteiger partial charge in [-0.2, -0.15) is 0 Å². The topological polar surface area (TPSA) is 15.3 Å². The summed E-state index contributed by atoms with van der Waals surface area (Å²) < 4.78 is 1.14. The SMILES string of the molecule is Brc1ccc([C@@H](c2cccs2)N2CCNCC2)cc1.Cl.Cl. The number of halogens is 3. The van der Waals surface area contributed by atoms with Crippen LogP contribution < -0.4 is 5.32 Å². The summed E-state index contributed by atoms with van der Waals surface area (Å²) in [6.45, 7) is 4.38. The predicted molar refractivity (Wildman–Crippen MR) is 99.2 cm³/mol. The van der Waals surface area contributed by atoms with Crippen LogP contribution in [0.5, 0.6) is 0 Å². The second kappa shape index (κ2) is 9.13. The molecular formula is C15H19BrCl2N2S. The second-order valence-corrected chi connectivity index (χ2v) is 6.65. The first-order valence-electron chi connectivity index (χ1n) is 6.58. The molecule has 0 radical (unpaired) electrons. The molecule has 6 heteroatoms.